The van der Waals surface area contributed by atoms with Crippen molar-refractivity contribution in [3.63, 3.8) is 0 Å². The predicted octanol–water partition coefficient (Wildman–Crippen LogP) is 5.67. The van der Waals surface area contributed by atoms with Crippen molar-refractivity contribution in [2.45, 2.75) is 20.8 Å². The highest BCUT2D eigenvalue weighted by Gasteiger charge is 2.14. The summed E-state index contributed by atoms with van der Waals surface area (Å²) in [5, 5.41) is 4.82. The molecule has 2 heteroatoms. The van der Waals surface area contributed by atoms with Gasteiger partial charge >= 0.3 is 0 Å². The molecule has 0 bridgehead atoms. The van der Waals surface area contributed by atoms with Crippen LogP contribution in [0.3, 0.4) is 0 Å². The first-order valence-electron chi connectivity index (χ1n) is 7.49. The molecule has 2 nitrogen and oxygen atoms in total. The Hall–Kier alpha value is -2.48. The summed E-state index contributed by atoms with van der Waals surface area (Å²) in [7, 11) is 1.71. The maximum atomic E-state index is 6.10. The number of rotatable bonds is 1. The molecule has 4 rings (SSSR count). The quantitative estimate of drug-likeness (QED) is 0.450. The van der Waals surface area contributed by atoms with Gasteiger partial charge in [0, 0.05) is 10.8 Å². The number of furan rings is 1. The fraction of sp³-hybridized carbons (Fsp3) is 0.200. The van der Waals surface area contributed by atoms with Crippen molar-refractivity contribution in [2.75, 3.05) is 7.11 Å². The highest BCUT2D eigenvalue weighted by atomic mass is 16.5. The smallest absolute Gasteiger partial charge is 0.136 e. The van der Waals surface area contributed by atoms with E-state index in [0.717, 1.165) is 27.9 Å². The average Bonchev–Trinajstić information content (AvgIpc) is 2.83. The van der Waals surface area contributed by atoms with Gasteiger partial charge in [0.05, 0.1) is 7.11 Å². The van der Waals surface area contributed by atoms with Crippen LogP contribution in [0.4, 0.5) is 0 Å². The van der Waals surface area contributed by atoms with Crippen LogP contribution < -0.4 is 4.74 Å². The second-order valence-corrected chi connectivity index (χ2v) is 6.04. The van der Waals surface area contributed by atoms with Gasteiger partial charge in [-0.25, -0.2) is 0 Å². The van der Waals surface area contributed by atoms with Crippen LogP contribution in [0, 0.1) is 20.8 Å². The largest absolute Gasteiger partial charge is 0.496 e. The Morgan fingerprint density at radius 2 is 1.55 bits per heavy atom. The Balaban J connectivity index is 2.26. The van der Waals surface area contributed by atoms with Crippen LogP contribution in [0.1, 0.15) is 16.7 Å². The molecule has 0 atom stereocenters. The van der Waals surface area contributed by atoms with Crippen molar-refractivity contribution in [3.8, 4) is 5.75 Å². The van der Waals surface area contributed by atoms with Gasteiger partial charge in [-0.3, -0.25) is 0 Å². The summed E-state index contributed by atoms with van der Waals surface area (Å²) in [4.78, 5) is 0. The molecule has 0 fully saturated rings. The van der Waals surface area contributed by atoms with Crippen LogP contribution in [-0.4, -0.2) is 7.11 Å². The van der Waals surface area contributed by atoms with E-state index in [2.05, 4.69) is 50.2 Å². The van der Waals surface area contributed by atoms with E-state index in [9.17, 15) is 0 Å². The number of aryl methyl sites for hydroxylation is 3. The summed E-state index contributed by atoms with van der Waals surface area (Å²) >= 11 is 0. The normalized spacial score (nSPS) is 11.6. The van der Waals surface area contributed by atoms with Crippen LogP contribution in [0.2, 0.25) is 0 Å². The fourth-order valence-electron chi connectivity index (χ4n) is 3.32. The highest BCUT2D eigenvalue weighted by molar-refractivity contribution is 6.19. The summed E-state index contributed by atoms with van der Waals surface area (Å²) in [5.41, 5.74) is 5.47. The lowest BCUT2D eigenvalue weighted by molar-refractivity contribution is 0.412. The lowest BCUT2D eigenvalue weighted by atomic mass is 9.98. The summed E-state index contributed by atoms with van der Waals surface area (Å²) in [6, 6.07) is 12.9. The van der Waals surface area contributed by atoms with Crippen molar-refractivity contribution in [1.29, 1.82) is 0 Å². The van der Waals surface area contributed by atoms with Gasteiger partial charge in [-0.1, -0.05) is 23.8 Å². The van der Waals surface area contributed by atoms with E-state index in [1.807, 2.05) is 6.92 Å². The maximum absolute atomic E-state index is 6.10. The minimum Gasteiger partial charge on any atom is -0.496 e. The Labute approximate surface area is 129 Å². The molecule has 0 amide bonds. The average molecular weight is 290 g/mol. The number of methoxy groups -OCH3 is 1. The maximum Gasteiger partial charge on any atom is 0.136 e. The molecule has 0 N–H and O–H groups in total. The first kappa shape index (κ1) is 13.2. The monoisotopic (exact) mass is 290 g/mol. The lowest BCUT2D eigenvalue weighted by Crippen LogP contribution is -1.86. The molecule has 0 aliphatic carbocycles. The minimum absolute atomic E-state index is 0.899. The number of hydrogen-bond acceptors (Lipinski definition) is 2. The Morgan fingerprint density at radius 1 is 0.773 bits per heavy atom. The van der Waals surface area contributed by atoms with Gasteiger partial charge in [0.15, 0.2) is 0 Å². The Bertz CT molecular complexity index is 1040. The standard InChI is InChI=1S/C20H18O2/c1-11-5-6-14-15(7-11)12(2)8-19-20(14)16-10-17(21-4)13(3)9-18(16)22-19/h5-10H,1-4H3. The van der Waals surface area contributed by atoms with E-state index in [0.29, 0.717) is 0 Å². The Kier molecular flexibility index (Phi) is 2.70. The molecule has 22 heavy (non-hydrogen) atoms. The van der Waals surface area contributed by atoms with Gasteiger partial charge in [-0.2, -0.15) is 0 Å². The van der Waals surface area contributed by atoms with Crippen LogP contribution in [0.5, 0.6) is 5.75 Å². The zero-order chi connectivity index (χ0) is 15.4. The first-order valence-corrected chi connectivity index (χ1v) is 7.49. The molecule has 4 aromatic rings. The number of ether oxygens (including phenoxy) is 1. The lowest BCUT2D eigenvalue weighted by Gasteiger charge is -2.06. The summed E-state index contributed by atoms with van der Waals surface area (Å²) < 4.78 is 11.6. The van der Waals surface area contributed by atoms with Crippen LogP contribution in [0.15, 0.2) is 40.8 Å². The molecule has 0 spiro atoms. The van der Waals surface area contributed by atoms with Crippen molar-refractivity contribution >= 4 is 32.7 Å². The summed E-state index contributed by atoms with van der Waals surface area (Å²) in [5.74, 6) is 0.899. The van der Waals surface area contributed by atoms with Crippen molar-refractivity contribution in [2.24, 2.45) is 0 Å². The van der Waals surface area contributed by atoms with E-state index < -0.39 is 0 Å². The molecule has 0 radical (unpaired) electrons. The van der Waals surface area contributed by atoms with Crippen LogP contribution in [-0.2, 0) is 0 Å². The topological polar surface area (TPSA) is 22.4 Å². The third-order valence-electron chi connectivity index (χ3n) is 4.45. The van der Waals surface area contributed by atoms with E-state index in [1.165, 1.54) is 27.3 Å². The van der Waals surface area contributed by atoms with Gasteiger partial charge in [-0.15, -0.1) is 0 Å². The molecule has 0 saturated heterocycles. The SMILES string of the molecule is COc1cc2c(cc1C)oc1cc(C)c3cc(C)ccc3c12. The molecule has 0 aliphatic heterocycles. The molecule has 0 saturated carbocycles. The third kappa shape index (κ3) is 1.73. The van der Waals surface area contributed by atoms with Gasteiger partial charge in [0.1, 0.15) is 16.9 Å². The van der Waals surface area contributed by atoms with Gasteiger partial charge in [-0.05, 0) is 60.9 Å². The zero-order valence-corrected chi connectivity index (χ0v) is 13.3. The number of benzene rings is 3. The first-order chi connectivity index (χ1) is 10.6. The Morgan fingerprint density at radius 3 is 2.32 bits per heavy atom. The van der Waals surface area contributed by atoms with Crippen molar-refractivity contribution in [3.05, 3.63) is 53.1 Å². The van der Waals surface area contributed by atoms with Crippen molar-refractivity contribution < 1.29 is 9.15 Å². The number of hydrogen-bond donors (Lipinski definition) is 0. The minimum atomic E-state index is 0.899. The summed E-state index contributed by atoms with van der Waals surface area (Å²) in [6.45, 7) is 6.31. The molecule has 0 aliphatic rings. The van der Waals surface area contributed by atoms with E-state index >= 15 is 0 Å². The van der Waals surface area contributed by atoms with Gasteiger partial charge < -0.3 is 9.15 Å². The van der Waals surface area contributed by atoms with Gasteiger partial charge in [0.25, 0.3) is 0 Å². The fourth-order valence-corrected chi connectivity index (χ4v) is 3.32. The number of fused-ring (bicyclic) bond motifs is 5. The van der Waals surface area contributed by atoms with E-state index in [4.69, 9.17) is 9.15 Å². The molecule has 110 valence electrons. The molecule has 1 aromatic heterocycles. The van der Waals surface area contributed by atoms with Crippen LogP contribution >= 0.6 is 0 Å². The molecule has 3 aromatic carbocycles. The van der Waals surface area contributed by atoms with E-state index in [-0.39, 0.29) is 0 Å². The van der Waals surface area contributed by atoms with E-state index in [1.54, 1.807) is 7.11 Å². The molecule has 0 unspecified atom stereocenters. The van der Waals surface area contributed by atoms with Crippen molar-refractivity contribution in [1.82, 2.24) is 0 Å². The second kappa shape index (κ2) is 4.51. The highest BCUT2D eigenvalue weighted by Crippen LogP contribution is 2.39. The second-order valence-electron chi connectivity index (χ2n) is 6.04. The summed E-state index contributed by atoms with van der Waals surface area (Å²) in [6.07, 6.45) is 0. The van der Waals surface area contributed by atoms with Gasteiger partial charge in [0.2, 0.25) is 0 Å². The van der Waals surface area contributed by atoms with Crippen LogP contribution in [0.25, 0.3) is 32.7 Å². The third-order valence-corrected chi connectivity index (χ3v) is 4.45. The molecular weight excluding hydrogens is 272 g/mol. The molecular formula is C20H18O2. The zero-order valence-electron chi connectivity index (χ0n) is 13.3. The predicted molar refractivity (Wildman–Crippen MR) is 92.0 cm³/mol. The molecule has 1 heterocycles.